The lowest BCUT2D eigenvalue weighted by molar-refractivity contribution is -0.143. The SMILES string of the molecule is Cc1ccc(COc2ccc3nc(C4CCCCC4C(=O)O)n(Cc4cccc(N5CCCC(F)(F)C5)c4)c3c2)nc1. The third kappa shape index (κ3) is 6.10. The minimum Gasteiger partial charge on any atom is -0.487 e. The van der Waals surface area contributed by atoms with Crippen LogP contribution in [0.2, 0.25) is 0 Å². The zero-order chi connectivity index (χ0) is 29.3. The number of nitrogens with zero attached hydrogens (tertiary/aromatic N) is 4. The lowest BCUT2D eigenvalue weighted by atomic mass is 9.78. The Bertz CT molecular complexity index is 1570. The number of hydrogen-bond donors (Lipinski definition) is 1. The number of ether oxygens (including phenoxy) is 1. The molecule has 2 fully saturated rings. The van der Waals surface area contributed by atoms with Crippen molar-refractivity contribution in [3.8, 4) is 5.75 Å². The Morgan fingerprint density at radius 3 is 2.74 bits per heavy atom. The highest BCUT2D eigenvalue weighted by atomic mass is 19.3. The molecule has 9 heteroatoms. The molecule has 1 saturated carbocycles. The van der Waals surface area contributed by atoms with Crippen molar-refractivity contribution in [2.24, 2.45) is 5.92 Å². The number of hydrogen-bond acceptors (Lipinski definition) is 5. The predicted octanol–water partition coefficient (Wildman–Crippen LogP) is 6.96. The van der Waals surface area contributed by atoms with E-state index in [-0.39, 0.29) is 18.9 Å². The number of aromatic nitrogens is 3. The molecule has 4 aromatic rings. The molecule has 1 N–H and O–H groups in total. The molecule has 0 spiro atoms. The normalized spacial score (nSPS) is 20.5. The second-order valence-electron chi connectivity index (χ2n) is 11.7. The van der Waals surface area contributed by atoms with Gasteiger partial charge in [0, 0.05) is 43.4 Å². The second-order valence-corrected chi connectivity index (χ2v) is 11.7. The molecule has 2 aromatic carbocycles. The van der Waals surface area contributed by atoms with Crippen molar-refractivity contribution in [2.75, 3.05) is 18.0 Å². The number of imidazole rings is 1. The van der Waals surface area contributed by atoms with Crippen molar-refractivity contribution in [3.63, 3.8) is 0 Å². The lowest BCUT2D eigenvalue weighted by Crippen LogP contribution is -2.42. The van der Waals surface area contributed by atoms with E-state index < -0.39 is 17.8 Å². The number of fused-ring (bicyclic) bond motifs is 1. The molecule has 1 aliphatic carbocycles. The number of pyridine rings is 1. The maximum atomic E-state index is 14.2. The fourth-order valence-electron chi connectivity index (χ4n) is 6.36. The van der Waals surface area contributed by atoms with Gasteiger partial charge in [-0.2, -0.15) is 0 Å². The quantitative estimate of drug-likeness (QED) is 0.245. The fourth-order valence-corrected chi connectivity index (χ4v) is 6.36. The number of alkyl halides is 2. The number of benzene rings is 2. The standard InChI is InChI=1S/C33H36F2N4O3/c1-22-10-11-24(36-18-22)20-42-26-12-13-29-30(17-26)39(31(37-29)27-8-2-3-9-28(27)32(40)41)19-23-6-4-7-25(16-23)38-15-5-14-33(34,35)21-38/h4,6-7,10-13,16-18,27-28H,2-3,5,8-9,14-15,19-21H2,1H3,(H,40,41). The molecule has 1 saturated heterocycles. The van der Waals surface area contributed by atoms with E-state index in [0.29, 0.717) is 38.3 Å². The van der Waals surface area contributed by atoms with Crippen molar-refractivity contribution in [1.29, 1.82) is 0 Å². The third-order valence-corrected chi connectivity index (χ3v) is 8.53. The molecule has 3 heterocycles. The first kappa shape index (κ1) is 28.1. The molecule has 2 atom stereocenters. The largest absolute Gasteiger partial charge is 0.487 e. The smallest absolute Gasteiger partial charge is 0.307 e. The van der Waals surface area contributed by atoms with Crippen molar-refractivity contribution in [2.45, 2.75) is 70.4 Å². The first-order valence-corrected chi connectivity index (χ1v) is 14.7. The van der Waals surface area contributed by atoms with E-state index in [1.165, 1.54) is 0 Å². The van der Waals surface area contributed by atoms with Crippen molar-refractivity contribution < 1.29 is 23.4 Å². The van der Waals surface area contributed by atoms with Crippen molar-refractivity contribution in [3.05, 3.63) is 83.4 Å². The summed E-state index contributed by atoms with van der Waals surface area (Å²) in [5, 5.41) is 10.1. The van der Waals surface area contributed by atoms with Gasteiger partial charge in [0.2, 0.25) is 0 Å². The summed E-state index contributed by atoms with van der Waals surface area (Å²) in [7, 11) is 0. The number of carboxylic acids is 1. The first-order valence-electron chi connectivity index (χ1n) is 14.7. The van der Waals surface area contributed by atoms with Crippen LogP contribution in [0, 0.1) is 12.8 Å². The van der Waals surface area contributed by atoms with Gasteiger partial charge in [0.1, 0.15) is 18.2 Å². The van der Waals surface area contributed by atoms with E-state index in [1.807, 2.05) is 67.7 Å². The summed E-state index contributed by atoms with van der Waals surface area (Å²) in [6.45, 7) is 3.06. The molecule has 2 unspecified atom stereocenters. The Morgan fingerprint density at radius 1 is 1.10 bits per heavy atom. The highest BCUT2D eigenvalue weighted by Crippen LogP contribution is 2.40. The molecule has 0 radical (unpaired) electrons. The molecule has 0 bridgehead atoms. The number of rotatable bonds is 8. The maximum absolute atomic E-state index is 14.2. The molecule has 1 aliphatic heterocycles. The van der Waals surface area contributed by atoms with Crippen LogP contribution in [0.3, 0.4) is 0 Å². The molecule has 2 aromatic heterocycles. The van der Waals surface area contributed by atoms with Crippen molar-refractivity contribution >= 4 is 22.7 Å². The minimum atomic E-state index is -2.70. The molecular weight excluding hydrogens is 538 g/mol. The van der Waals surface area contributed by atoms with Gasteiger partial charge in [-0.1, -0.05) is 31.0 Å². The number of carboxylic acid groups (broad SMARTS) is 1. The van der Waals surface area contributed by atoms with E-state index in [1.54, 1.807) is 4.90 Å². The minimum absolute atomic E-state index is 0.0793. The number of carbonyl (C=O) groups is 1. The maximum Gasteiger partial charge on any atom is 0.307 e. The topological polar surface area (TPSA) is 80.5 Å². The van der Waals surface area contributed by atoms with Gasteiger partial charge in [0.05, 0.1) is 29.2 Å². The van der Waals surface area contributed by atoms with Crippen molar-refractivity contribution in [1.82, 2.24) is 14.5 Å². The molecular formula is C33H36F2N4O3. The second kappa shape index (κ2) is 11.7. The first-order chi connectivity index (χ1) is 20.3. The Balaban J connectivity index is 1.35. The highest BCUT2D eigenvalue weighted by Gasteiger charge is 2.36. The number of aryl methyl sites for hydroxylation is 1. The summed E-state index contributed by atoms with van der Waals surface area (Å²) in [5.41, 5.74) is 5.24. The van der Waals surface area contributed by atoms with Crippen LogP contribution in [0.4, 0.5) is 14.5 Å². The molecule has 7 nitrogen and oxygen atoms in total. The van der Waals surface area contributed by atoms with Gasteiger partial charge < -0.3 is 19.3 Å². The van der Waals surface area contributed by atoms with Gasteiger partial charge in [-0.25, -0.2) is 13.8 Å². The fraction of sp³-hybridized carbons (Fsp3) is 0.424. The molecule has 220 valence electrons. The van der Waals surface area contributed by atoms with Gasteiger partial charge in [-0.3, -0.25) is 9.78 Å². The van der Waals surface area contributed by atoms with Crippen LogP contribution in [0.25, 0.3) is 11.0 Å². The number of halogens is 2. The Labute approximate surface area is 244 Å². The number of anilines is 1. The third-order valence-electron chi connectivity index (χ3n) is 8.53. The zero-order valence-corrected chi connectivity index (χ0v) is 23.8. The van der Waals surface area contributed by atoms with Gasteiger partial charge in [0.15, 0.2) is 0 Å². The van der Waals surface area contributed by atoms with E-state index in [4.69, 9.17) is 9.72 Å². The average Bonchev–Trinajstić information content (AvgIpc) is 3.33. The lowest BCUT2D eigenvalue weighted by Gasteiger charge is -2.34. The Morgan fingerprint density at radius 2 is 1.95 bits per heavy atom. The summed E-state index contributed by atoms with van der Waals surface area (Å²) in [5.74, 6) is -2.78. The Hall–Kier alpha value is -4.01. The van der Waals surface area contributed by atoms with E-state index in [2.05, 4.69) is 9.55 Å². The summed E-state index contributed by atoms with van der Waals surface area (Å²) >= 11 is 0. The average molecular weight is 575 g/mol. The predicted molar refractivity (Wildman–Crippen MR) is 157 cm³/mol. The van der Waals surface area contributed by atoms with E-state index in [0.717, 1.165) is 58.6 Å². The number of piperidine rings is 1. The molecule has 6 rings (SSSR count). The summed E-state index contributed by atoms with van der Waals surface area (Å²) in [6, 6.07) is 17.4. The van der Waals surface area contributed by atoms with Crippen LogP contribution in [-0.4, -0.2) is 44.6 Å². The van der Waals surface area contributed by atoms with Crippen LogP contribution in [-0.2, 0) is 17.9 Å². The zero-order valence-electron chi connectivity index (χ0n) is 23.8. The molecule has 0 amide bonds. The Kier molecular flexibility index (Phi) is 7.84. The van der Waals surface area contributed by atoms with Crippen LogP contribution in [0.5, 0.6) is 5.75 Å². The van der Waals surface area contributed by atoms with Crippen LogP contribution < -0.4 is 9.64 Å². The van der Waals surface area contributed by atoms with Gasteiger partial charge in [-0.15, -0.1) is 0 Å². The van der Waals surface area contributed by atoms with Crippen LogP contribution >= 0.6 is 0 Å². The van der Waals surface area contributed by atoms with E-state index >= 15 is 0 Å². The van der Waals surface area contributed by atoms with Crippen LogP contribution in [0.1, 0.15) is 67.1 Å². The molecule has 2 aliphatic rings. The van der Waals surface area contributed by atoms with E-state index in [9.17, 15) is 18.7 Å². The monoisotopic (exact) mass is 574 g/mol. The molecule has 42 heavy (non-hydrogen) atoms. The summed E-state index contributed by atoms with van der Waals surface area (Å²) < 4.78 is 36.6. The highest BCUT2D eigenvalue weighted by molar-refractivity contribution is 5.79. The van der Waals surface area contributed by atoms with Crippen LogP contribution in [0.15, 0.2) is 60.8 Å². The summed E-state index contributed by atoms with van der Waals surface area (Å²) in [6.07, 6.45) is 5.41. The number of aliphatic carboxylic acids is 1. The van der Waals surface area contributed by atoms with Gasteiger partial charge in [-0.05, 0) is 67.6 Å². The summed E-state index contributed by atoms with van der Waals surface area (Å²) in [4.78, 5) is 23.4. The van der Waals surface area contributed by atoms with Gasteiger partial charge >= 0.3 is 5.97 Å². The van der Waals surface area contributed by atoms with Gasteiger partial charge in [0.25, 0.3) is 5.92 Å².